The summed E-state index contributed by atoms with van der Waals surface area (Å²) >= 11 is 1.43. The van der Waals surface area contributed by atoms with Crippen LogP contribution in [-0.2, 0) is 0 Å². The quantitative estimate of drug-likeness (QED) is 0.695. The summed E-state index contributed by atoms with van der Waals surface area (Å²) in [5, 5.41) is 14.4. The van der Waals surface area contributed by atoms with Crippen molar-refractivity contribution in [1.82, 2.24) is 15.5 Å². The van der Waals surface area contributed by atoms with Gasteiger partial charge in [-0.1, -0.05) is 18.3 Å². The molecule has 0 fully saturated rings. The van der Waals surface area contributed by atoms with E-state index < -0.39 is 5.66 Å². The molecule has 2 rings (SSSR count). The topological polar surface area (TPSA) is 88.2 Å². The lowest BCUT2D eigenvalue weighted by atomic mass is 10.1. The molecule has 15 heavy (non-hydrogen) atoms. The van der Waals surface area contributed by atoms with Gasteiger partial charge in [-0.3, -0.25) is 0 Å². The fraction of sp³-hybridized carbons (Fsp3) is 0.375. The minimum atomic E-state index is -0.505. The molecule has 0 saturated heterocycles. The molecule has 7 heteroatoms. The monoisotopic (exact) mass is 224 g/mol. The van der Waals surface area contributed by atoms with Crippen molar-refractivity contribution in [2.24, 2.45) is 10.7 Å². The molecule has 80 valence electrons. The number of nitrogens with zero attached hydrogens (tertiary/aromatic N) is 3. The highest BCUT2D eigenvalue weighted by Gasteiger charge is 2.27. The first kappa shape index (κ1) is 9.91. The van der Waals surface area contributed by atoms with Crippen molar-refractivity contribution in [2.75, 3.05) is 5.32 Å². The Kier molecular flexibility index (Phi) is 2.55. The lowest BCUT2D eigenvalue weighted by molar-refractivity contribution is 0.569. The maximum atomic E-state index is 5.63. The van der Waals surface area contributed by atoms with Crippen molar-refractivity contribution in [2.45, 2.75) is 19.0 Å². The third-order valence-electron chi connectivity index (χ3n) is 2.13. The minimum Gasteiger partial charge on any atom is -0.370 e. The van der Waals surface area contributed by atoms with E-state index in [1.807, 2.05) is 13.0 Å². The van der Waals surface area contributed by atoms with Crippen LogP contribution in [0.5, 0.6) is 0 Å². The zero-order valence-electron chi connectivity index (χ0n) is 8.27. The molecule has 1 unspecified atom stereocenters. The molecule has 0 aromatic carbocycles. The van der Waals surface area contributed by atoms with E-state index in [1.165, 1.54) is 11.3 Å². The Morgan fingerprint density at radius 1 is 1.67 bits per heavy atom. The van der Waals surface area contributed by atoms with Crippen LogP contribution in [0.1, 0.15) is 13.3 Å². The van der Waals surface area contributed by atoms with Crippen molar-refractivity contribution in [3.63, 3.8) is 0 Å². The second kappa shape index (κ2) is 3.85. The van der Waals surface area contributed by atoms with Gasteiger partial charge in [0.05, 0.1) is 0 Å². The number of nitrogens with two attached hydrogens (primary N) is 1. The van der Waals surface area contributed by atoms with Crippen molar-refractivity contribution in [3.05, 3.63) is 17.8 Å². The van der Waals surface area contributed by atoms with E-state index in [-0.39, 0.29) is 0 Å². The zero-order chi connectivity index (χ0) is 10.7. The molecule has 0 aliphatic carbocycles. The molecule has 0 spiro atoms. The van der Waals surface area contributed by atoms with E-state index in [1.54, 1.807) is 11.7 Å². The molecule has 1 aliphatic heterocycles. The van der Waals surface area contributed by atoms with Crippen LogP contribution < -0.4 is 16.4 Å². The average Bonchev–Trinajstić information content (AvgIpc) is 2.70. The van der Waals surface area contributed by atoms with Gasteiger partial charge >= 0.3 is 0 Å². The zero-order valence-corrected chi connectivity index (χ0v) is 9.08. The van der Waals surface area contributed by atoms with Crippen molar-refractivity contribution < 1.29 is 0 Å². The SMILES string of the molecule is CCC1(Nc2nncs2)C=CNC(N)=N1. The fourth-order valence-corrected chi connectivity index (χ4v) is 1.84. The van der Waals surface area contributed by atoms with Gasteiger partial charge in [0.2, 0.25) is 5.13 Å². The highest BCUT2D eigenvalue weighted by molar-refractivity contribution is 7.13. The minimum absolute atomic E-state index is 0.399. The van der Waals surface area contributed by atoms with E-state index in [0.29, 0.717) is 5.96 Å². The highest BCUT2D eigenvalue weighted by Crippen LogP contribution is 2.23. The van der Waals surface area contributed by atoms with Gasteiger partial charge in [0.15, 0.2) is 11.6 Å². The molecular formula is C8H12N6S. The second-order valence-electron chi connectivity index (χ2n) is 3.12. The molecular weight excluding hydrogens is 212 g/mol. The first-order chi connectivity index (χ1) is 7.24. The lowest BCUT2D eigenvalue weighted by Crippen LogP contribution is -2.42. The smallest absolute Gasteiger partial charge is 0.207 e. The third-order valence-corrected chi connectivity index (χ3v) is 2.74. The predicted molar refractivity (Wildman–Crippen MR) is 60.5 cm³/mol. The van der Waals surface area contributed by atoms with Gasteiger partial charge in [0.1, 0.15) is 5.51 Å². The molecule has 1 atom stereocenters. The molecule has 2 heterocycles. The Morgan fingerprint density at radius 2 is 2.53 bits per heavy atom. The molecule has 1 aromatic rings. The van der Waals surface area contributed by atoms with E-state index in [9.17, 15) is 0 Å². The average molecular weight is 224 g/mol. The summed E-state index contributed by atoms with van der Waals surface area (Å²) in [5.41, 5.74) is 6.79. The van der Waals surface area contributed by atoms with Crippen LogP contribution in [0.4, 0.5) is 5.13 Å². The molecule has 4 N–H and O–H groups in total. The molecule has 0 saturated carbocycles. The Hall–Kier alpha value is -1.63. The molecule has 0 amide bonds. The Bertz CT molecular complexity index is 384. The van der Waals surface area contributed by atoms with Gasteiger partial charge in [-0.2, -0.15) is 0 Å². The summed E-state index contributed by atoms with van der Waals surface area (Å²) < 4.78 is 0. The van der Waals surface area contributed by atoms with E-state index >= 15 is 0 Å². The van der Waals surface area contributed by atoms with Crippen LogP contribution in [0.15, 0.2) is 22.8 Å². The largest absolute Gasteiger partial charge is 0.370 e. The summed E-state index contributed by atoms with van der Waals surface area (Å²) in [6, 6.07) is 0. The molecule has 0 bridgehead atoms. The maximum Gasteiger partial charge on any atom is 0.207 e. The van der Waals surface area contributed by atoms with Crippen LogP contribution in [0.2, 0.25) is 0 Å². The number of guanidine groups is 1. The summed E-state index contributed by atoms with van der Waals surface area (Å²) in [4.78, 5) is 4.33. The molecule has 1 aromatic heterocycles. The number of anilines is 1. The van der Waals surface area contributed by atoms with Crippen LogP contribution in [0, 0.1) is 0 Å². The van der Waals surface area contributed by atoms with Crippen LogP contribution in [0.25, 0.3) is 0 Å². The first-order valence-electron chi connectivity index (χ1n) is 4.58. The second-order valence-corrected chi connectivity index (χ2v) is 3.95. The number of hydrogen-bond acceptors (Lipinski definition) is 7. The number of hydrogen-bond donors (Lipinski definition) is 3. The predicted octanol–water partition coefficient (Wildman–Crippen LogP) is 0.488. The normalized spacial score (nSPS) is 24.5. The van der Waals surface area contributed by atoms with Crippen LogP contribution in [0.3, 0.4) is 0 Å². The standard InChI is InChI=1S/C8H12N6S/c1-2-8(3-4-10-6(9)12-8)13-7-14-11-5-15-7/h3-5H,2H2,1H3,(H,13,14)(H3,9,10,12). The summed E-state index contributed by atoms with van der Waals surface area (Å²) in [6.07, 6.45) is 4.48. The van der Waals surface area contributed by atoms with Crippen molar-refractivity contribution >= 4 is 22.4 Å². The Morgan fingerprint density at radius 3 is 3.13 bits per heavy atom. The number of aromatic nitrogens is 2. The van der Waals surface area contributed by atoms with Gasteiger partial charge < -0.3 is 16.4 Å². The summed E-state index contributed by atoms with van der Waals surface area (Å²) in [6.45, 7) is 2.03. The summed E-state index contributed by atoms with van der Waals surface area (Å²) in [5.74, 6) is 0.399. The first-order valence-corrected chi connectivity index (χ1v) is 5.46. The maximum absolute atomic E-state index is 5.63. The fourth-order valence-electron chi connectivity index (χ4n) is 1.32. The van der Waals surface area contributed by atoms with Crippen molar-refractivity contribution in [3.8, 4) is 0 Å². The van der Waals surface area contributed by atoms with Crippen LogP contribution in [-0.4, -0.2) is 21.8 Å². The number of nitrogens with one attached hydrogen (secondary N) is 2. The van der Waals surface area contributed by atoms with Crippen molar-refractivity contribution in [1.29, 1.82) is 0 Å². The van der Waals surface area contributed by atoms with E-state index in [4.69, 9.17) is 5.73 Å². The number of aliphatic imine (C=N–C) groups is 1. The summed E-state index contributed by atoms with van der Waals surface area (Å²) in [7, 11) is 0. The number of rotatable bonds is 3. The van der Waals surface area contributed by atoms with Gasteiger partial charge in [-0.05, 0) is 12.5 Å². The molecule has 1 aliphatic rings. The van der Waals surface area contributed by atoms with Gasteiger partial charge in [0.25, 0.3) is 0 Å². The Balaban J connectivity index is 2.22. The lowest BCUT2D eigenvalue weighted by Gasteiger charge is -2.28. The molecule has 6 nitrogen and oxygen atoms in total. The van der Waals surface area contributed by atoms with Gasteiger partial charge in [-0.25, -0.2) is 4.99 Å². The Labute approximate surface area is 91.3 Å². The van der Waals surface area contributed by atoms with Gasteiger partial charge in [0, 0.05) is 6.20 Å². The molecule has 0 radical (unpaired) electrons. The highest BCUT2D eigenvalue weighted by atomic mass is 32.1. The van der Waals surface area contributed by atoms with E-state index in [2.05, 4.69) is 25.8 Å². The third kappa shape index (κ3) is 2.07. The van der Waals surface area contributed by atoms with Gasteiger partial charge in [-0.15, -0.1) is 10.2 Å². The van der Waals surface area contributed by atoms with Crippen LogP contribution >= 0.6 is 11.3 Å². The van der Waals surface area contributed by atoms with E-state index in [0.717, 1.165) is 11.6 Å².